The summed E-state index contributed by atoms with van der Waals surface area (Å²) in [7, 11) is 0. The summed E-state index contributed by atoms with van der Waals surface area (Å²) in [5.41, 5.74) is 2.86. The molecule has 1 unspecified atom stereocenters. The maximum atomic E-state index is 13.7. The van der Waals surface area contributed by atoms with Crippen molar-refractivity contribution in [3.8, 4) is 0 Å². The number of anilines is 2. The minimum absolute atomic E-state index is 0.0128. The van der Waals surface area contributed by atoms with Crippen LogP contribution in [0, 0.1) is 12.3 Å². The zero-order valence-electron chi connectivity index (χ0n) is 20.8. The Kier molecular flexibility index (Phi) is 7.23. The third-order valence-corrected chi connectivity index (χ3v) is 9.00. The zero-order valence-corrected chi connectivity index (χ0v) is 21.6. The van der Waals surface area contributed by atoms with Gasteiger partial charge in [-0.3, -0.25) is 9.59 Å². The highest BCUT2D eigenvalue weighted by atomic mass is 32.2. The van der Waals surface area contributed by atoms with E-state index < -0.39 is 12.1 Å². The number of benzene rings is 2. The van der Waals surface area contributed by atoms with Gasteiger partial charge in [-0.25, -0.2) is 4.79 Å². The first-order valence-electron chi connectivity index (χ1n) is 12.9. The fraction of sp³-hybridized carbons (Fsp3) is 0.464. The number of nitrogens with zero attached hydrogens (tertiary/aromatic N) is 2. The number of likely N-dealkylation sites (tertiary alicyclic amines) is 1. The SMILES string of the molecule is Cc1cccc(NC(=O)NC2CSc3ccccc3N(CC(=O)N3CCC4(CCCC4)CC3)C2=O)c1. The summed E-state index contributed by atoms with van der Waals surface area (Å²) >= 11 is 1.52. The molecule has 190 valence electrons. The van der Waals surface area contributed by atoms with Crippen molar-refractivity contribution in [2.24, 2.45) is 5.41 Å². The molecule has 2 aromatic carbocycles. The van der Waals surface area contributed by atoms with Crippen LogP contribution < -0.4 is 15.5 Å². The molecule has 1 atom stereocenters. The number of piperidine rings is 1. The highest BCUT2D eigenvalue weighted by molar-refractivity contribution is 7.99. The van der Waals surface area contributed by atoms with Crippen molar-refractivity contribution in [3.05, 3.63) is 54.1 Å². The van der Waals surface area contributed by atoms with E-state index in [4.69, 9.17) is 0 Å². The molecule has 0 radical (unpaired) electrons. The van der Waals surface area contributed by atoms with Gasteiger partial charge in [0.2, 0.25) is 5.91 Å². The molecule has 8 heteroatoms. The van der Waals surface area contributed by atoms with Crippen molar-refractivity contribution in [2.45, 2.75) is 56.4 Å². The van der Waals surface area contributed by atoms with Crippen LogP contribution in [0.1, 0.15) is 44.1 Å². The van der Waals surface area contributed by atoms with Crippen molar-refractivity contribution >= 4 is 41.0 Å². The largest absolute Gasteiger partial charge is 0.341 e. The average molecular weight is 507 g/mol. The first-order valence-corrected chi connectivity index (χ1v) is 13.9. The molecule has 3 aliphatic rings. The highest BCUT2D eigenvalue weighted by Crippen LogP contribution is 2.46. The number of rotatable bonds is 4. The van der Waals surface area contributed by atoms with Gasteiger partial charge >= 0.3 is 6.03 Å². The summed E-state index contributed by atoms with van der Waals surface area (Å²) in [4.78, 5) is 44.2. The standard InChI is InChI=1S/C28H34N4O3S/c1-20-7-6-8-21(17-20)29-27(35)30-22-19-36-24-10-3-2-9-23(24)32(26(22)34)18-25(33)31-15-13-28(14-16-31)11-4-5-12-28/h2-3,6-10,17,22H,4-5,11-16,18-19H2,1H3,(H2,29,30,35). The van der Waals surface area contributed by atoms with Gasteiger partial charge in [0.05, 0.1) is 5.69 Å². The molecule has 2 N–H and O–H groups in total. The van der Waals surface area contributed by atoms with Crippen LogP contribution in [-0.2, 0) is 9.59 Å². The molecule has 5 rings (SSSR count). The van der Waals surface area contributed by atoms with E-state index in [2.05, 4.69) is 10.6 Å². The van der Waals surface area contributed by atoms with Gasteiger partial charge in [-0.2, -0.15) is 0 Å². The van der Waals surface area contributed by atoms with E-state index in [0.717, 1.165) is 42.1 Å². The van der Waals surface area contributed by atoms with Gasteiger partial charge in [0.1, 0.15) is 12.6 Å². The van der Waals surface area contributed by atoms with Crippen molar-refractivity contribution in [1.82, 2.24) is 10.2 Å². The topological polar surface area (TPSA) is 81.8 Å². The van der Waals surface area contributed by atoms with E-state index in [0.29, 0.717) is 16.9 Å². The predicted molar refractivity (Wildman–Crippen MR) is 143 cm³/mol. The number of carbonyl (C=O) groups excluding carboxylic acids is 3. The molecule has 2 aliphatic heterocycles. The summed E-state index contributed by atoms with van der Waals surface area (Å²) < 4.78 is 0. The van der Waals surface area contributed by atoms with Gasteiger partial charge in [-0.15, -0.1) is 11.8 Å². The lowest BCUT2D eigenvalue weighted by atomic mass is 9.77. The zero-order chi connectivity index (χ0) is 25.1. The second kappa shape index (κ2) is 10.5. The quantitative estimate of drug-likeness (QED) is 0.624. The highest BCUT2D eigenvalue weighted by Gasteiger charge is 2.39. The van der Waals surface area contributed by atoms with Crippen LogP contribution in [0.15, 0.2) is 53.4 Å². The maximum Gasteiger partial charge on any atom is 0.319 e. The van der Waals surface area contributed by atoms with Crippen LogP contribution >= 0.6 is 11.8 Å². The maximum absolute atomic E-state index is 13.7. The van der Waals surface area contributed by atoms with Gasteiger partial charge in [0.15, 0.2) is 0 Å². The Morgan fingerprint density at radius 2 is 1.78 bits per heavy atom. The summed E-state index contributed by atoms with van der Waals surface area (Å²) in [5, 5.41) is 5.66. The van der Waals surface area contributed by atoms with Crippen LogP contribution in [0.4, 0.5) is 16.2 Å². The van der Waals surface area contributed by atoms with E-state index in [9.17, 15) is 14.4 Å². The molecular formula is C28H34N4O3S. The molecule has 7 nitrogen and oxygen atoms in total. The normalized spacial score (nSPS) is 21.1. The molecule has 0 aromatic heterocycles. The summed E-state index contributed by atoms with van der Waals surface area (Å²) in [6, 6.07) is 14.0. The van der Waals surface area contributed by atoms with Crippen molar-refractivity contribution < 1.29 is 14.4 Å². The molecule has 4 amide bonds. The summed E-state index contributed by atoms with van der Waals surface area (Å²) in [6.07, 6.45) is 7.28. The average Bonchev–Trinajstić information content (AvgIpc) is 3.28. The fourth-order valence-corrected chi connectivity index (χ4v) is 6.83. The number of para-hydroxylation sites is 1. The number of amides is 4. The Hall–Kier alpha value is -3.00. The number of hydrogen-bond acceptors (Lipinski definition) is 4. The Labute approximate surface area is 217 Å². The number of aryl methyl sites for hydroxylation is 1. The number of nitrogens with one attached hydrogen (secondary N) is 2. The van der Waals surface area contributed by atoms with E-state index >= 15 is 0 Å². The van der Waals surface area contributed by atoms with E-state index in [1.54, 1.807) is 4.90 Å². The Bertz CT molecular complexity index is 1140. The summed E-state index contributed by atoms with van der Waals surface area (Å²) in [5.74, 6) is 0.110. The minimum atomic E-state index is -0.747. The lowest BCUT2D eigenvalue weighted by Gasteiger charge is -2.40. The molecule has 1 saturated carbocycles. The second-order valence-electron chi connectivity index (χ2n) is 10.3. The molecule has 2 fully saturated rings. The van der Waals surface area contributed by atoms with E-state index in [1.807, 2.05) is 60.4 Å². The monoisotopic (exact) mass is 506 g/mol. The Balaban J connectivity index is 1.28. The van der Waals surface area contributed by atoms with Gasteiger partial charge in [-0.1, -0.05) is 37.1 Å². The molecular weight excluding hydrogens is 472 g/mol. The van der Waals surface area contributed by atoms with Crippen LogP contribution in [0.25, 0.3) is 0 Å². The summed E-state index contributed by atoms with van der Waals surface area (Å²) in [6.45, 7) is 3.47. The number of carbonyl (C=O) groups is 3. The van der Waals surface area contributed by atoms with Gasteiger partial charge in [0, 0.05) is 29.4 Å². The van der Waals surface area contributed by atoms with E-state index in [-0.39, 0.29) is 18.4 Å². The first kappa shape index (κ1) is 24.7. The number of urea groups is 1. The third-order valence-electron chi connectivity index (χ3n) is 7.84. The molecule has 2 aromatic rings. The predicted octanol–water partition coefficient (Wildman–Crippen LogP) is 4.81. The number of thioether (sulfide) groups is 1. The first-order chi connectivity index (χ1) is 17.4. The van der Waals surface area contributed by atoms with Crippen LogP contribution in [0.5, 0.6) is 0 Å². The van der Waals surface area contributed by atoms with Gasteiger partial charge in [-0.05, 0) is 67.9 Å². The molecule has 1 aliphatic carbocycles. The number of hydrogen-bond donors (Lipinski definition) is 2. The molecule has 1 spiro atoms. The van der Waals surface area contributed by atoms with Crippen LogP contribution in [0.3, 0.4) is 0 Å². The molecule has 0 bridgehead atoms. The van der Waals surface area contributed by atoms with Crippen LogP contribution in [-0.4, -0.2) is 54.2 Å². The van der Waals surface area contributed by atoms with Crippen molar-refractivity contribution in [3.63, 3.8) is 0 Å². The minimum Gasteiger partial charge on any atom is -0.341 e. The second-order valence-corrected chi connectivity index (χ2v) is 11.4. The van der Waals surface area contributed by atoms with Gasteiger partial charge in [0.25, 0.3) is 5.91 Å². The van der Waals surface area contributed by atoms with Crippen LogP contribution in [0.2, 0.25) is 0 Å². The lowest BCUT2D eigenvalue weighted by Crippen LogP contribution is -2.53. The molecule has 1 saturated heterocycles. The Morgan fingerprint density at radius 3 is 2.53 bits per heavy atom. The van der Waals surface area contributed by atoms with Crippen molar-refractivity contribution in [2.75, 3.05) is 35.6 Å². The van der Waals surface area contributed by atoms with E-state index in [1.165, 1.54) is 37.4 Å². The Morgan fingerprint density at radius 1 is 1.03 bits per heavy atom. The smallest absolute Gasteiger partial charge is 0.319 e. The molecule has 2 heterocycles. The fourth-order valence-electron chi connectivity index (χ4n) is 5.76. The lowest BCUT2D eigenvalue weighted by molar-refractivity contribution is -0.133. The molecule has 36 heavy (non-hydrogen) atoms. The third kappa shape index (κ3) is 5.38. The number of fused-ring (bicyclic) bond motifs is 1. The van der Waals surface area contributed by atoms with Crippen molar-refractivity contribution in [1.29, 1.82) is 0 Å². The van der Waals surface area contributed by atoms with Gasteiger partial charge < -0.3 is 20.4 Å².